The SMILES string of the molecule is CCOC(OCC)(C(=O)OC(C)(C)C)c1ccc([N+](=O)[O-])cc1. The van der Waals surface area contributed by atoms with Crippen LogP contribution in [0.25, 0.3) is 0 Å². The van der Waals surface area contributed by atoms with Crippen LogP contribution in [0.3, 0.4) is 0 Å². The van der Waals surface area contributed by atoms with Gasteiger partial charge in [0.15, 0.2) is 0 Å². The van der Waals surface area contributed by atoms with E-state index in [9.17, 15) is 14.9 Å². The van der Waals surface area contributed by atoms with Crippen molar-refractivity contribution in [2.45, 2.75) is 46.0 Å². The summed E-state index contributed by atoms with van der Waals surface area (Å²) >= 11 is 0. The number of nitro benzene ring substituents is 1. The maximum Gasteiger partial charge on any atom is 0.372 e. The molecule has 0 fully saturated rings. The zero-order valence-electron chi connectivity index (χ0n) is 14.1. The number of carbonyl (C=O) groups is 1. The van der Waals surface area contributed by atoms with Crippen molar-refractivity contribution in [3.8, 4) is 0 Å². The van der Waals surface area contributed by atoms with E-state index in [0.29, 0.717) is 5.56 Å². The summed E-state index contributed by atoms with van der Waals surface area (Å²) in [6.45, 7) is 9.08. The zero-order chi connectivity index (χ0) is 17.7. The van der Waals surface area contributed by atoms with E-state index in [0.717, 1.165) is 0 Å². The minimum absolute atomic E-state index is 0.0835. The molecule has 0 aliphatic heterocycles. The van der Waals surface area contributed by atoms with Gasteiger partial charge < -0.3 is 14.2 Å². The first-order chi connectivity index (χ1) is 10.7. The third-order valence-corrected chi connectivity index (χ3v) is 2.82. The van der Waals surface area contributed by atoms with Gasteiger partial charge in [0.2, 0.25) is 0 Å². The zero-order valence-corrected chi connectivity index (χ0v) is 14.1. The minimum atomic E-state index is -1.74. The molecule has 23 heavy (non-hydrogen) atoms. The molecule has 0 saturated carbocycles. The molecule has 1 aromatic carbocycles. The standard InChI is InChI=1S/C16H23NO6/c1-6-21-16(22-7-2,14(18)23-15(3,4)5)12-8-10-13(11-9-12)17(19)20/h8-11H,6-7H2,1-5H3. The fraction of sp³-hybridized carbons (Fsp3) is 0.562. The van der Waals surface area contributed by atoms with Crippen LogP contribution in [0.5, 0.6) is 0 Å². The molecule has 0 amide bonds. The number of ether oxygens (including phenoxy) is 3. The summed E-state index contributed by atoms with van der Waals surface area (Å²) in [5.41, 5.74) is -0.460. The van der Waals surface area contributed by atoms with Gasteiger partial charge in [0.1, 0.15) is 5.60 Å². The third-order valence-electron chi connectivity index (χ3n) is 2.82. The van der Waals surface area contributed by atoms with Gasteiger partial charge in [-0.2, -0.15) is 0 Å². The lowest BCUT2D eigenvalue weighted by molar-refractivity contribution is -0.384. The second-order valence-corrected chi connectivity index (χ2v) is 5.79. The van der Waals surface area contributed by atoms with Gasteiger partial charge in [0.25, 0.3) is 11.5 Å². The number of hydrogen-bond acceptors (Lipinski definition) is 6. The monoisotopic (exact) mass is 325 g/mol. The van der Waals surface area contributed by atoms with Crippen molar-refractivity contribution < 1.29 is 23.9 Å². The lowest BCUT2D eigenvalue weighted by Gasteiger charge is -2.33. The summed E-state index contributed by atoms with van der Waals surface area (Å²) in [6, 6.07) is 5.47. The molecule has 0 unspecified atom stereocenters. The molecule has 0 spiro atoms. The number of carbonyl (C=O) groups excluding carboxylic acids is 1. The maximum atomic E-state index is 12.7. The number of nitro groups is 1. The van der Waals surface area contributed by atoms with Gasteiger partial charge in [-0.1, -0.05) is 0 Å². The predicted octanol–water partition coefficient (Wildman–Crippen LogP) is 3.16. The lowest BCUT2D eigenvalue weighted by atomic mass is 10.0. The highest BCUT2D eigenvalue weighted by molar-refractivity contribution is 5.80. The van der Waals surface area contributed by atoms with Crippen molar-refractivity contribution in [3.63, 3.8) is 0 Å². The Kier molecular flexibility index (Phi) is 6.23. The Labute approximate surface area is 135 Å². The molecule has 7 nitrogen and oxygen atoms in total. The summed E-state index contributed by atoms with van der Waals surface area (Å²) < 4.78 is 16.6. The Balaban J connectivity index is 3.31. The fourth-order valence-electron chi connectivity index (χ4n) is 2.00. The van der Waals surface area contributed by atoms with Gasteiger partial charge in [-0.3, -0.25) is 10.1 Å². The van der Waals surface area contributed by atoms with E-state index in [1.54, 1.807) is 34.6 Å². The van der Waals surface area contributed by atoms with Crippen molar-refractivity contribution in [1.29, 1.82) is 0 Å². The quantitative estimate of drug-likeness (QED) is 0.331. The summed E-state index contributed by atoms with van der Waals surface area (Å²) in [5.74, 6) is -2.44. The van der Waals surface area contributed by atoms with E-state index < -0.39 is 22.3 Å². The Morgan fingerprint density at radius 3 is 1.91 bits per heavy atom. The number of rotatable bonds is 7. The largest absolute Gasteiger partial charge is 0.456 e. The molecule has 0 aliphatic carbocycles. The Hall–Kier alpha value is -1.99. The normalized spacial score (nSPS) is 12.0. The van der Waals surface area contributed by atoms with Crippen molar-refractivity contribution in [2.24, 2.45) is 0 Å². The van der Waals surface area contributed by atoms with Crippen LogP contribution in [-0.4, -0.2) is 29.7 Å². The molecule has 0 aliphatic rings. The summed E-state index contributed by atoms with van der Waals surface area (Å²) in [5, 5.41) is 10.8. The van der Waals surface area contributed by atoms with E-state index in [1.807, 2.05) is 0 Å². The molecular weight excluding hydrogens is 302 g/mol. The number of esters is 1. The number of hydrogen-bond donors (Lipinski definition) is 0. The van der Waals surface area contributed by atoms with Gasteiger partial charge in [-0.05, 0) is 46.8 Å². The summed E-state index contributed by atoms with van der Waals surface area (Å²) in [6.07, 6.45) is 0. The summed E-state index contributed by atoms with van der Waals surface area (Å²) in [4.78, 5) is 22.9. The smallest absolute Gasteiger partial charge is 0.372 e. The molecule has 0 atom stereocenters. The highest BCUT2D eigenvalue weighted by atomic mass is 16.7. The van der Waals surface area contributed by atoms with Crippen LogP contribution < -0.4 is 0 Å². The van der Waals surface area contributed by atoms with Crippen molar-refractivity contribution >= 4 is 11.7 Å². The van der Waals surface area contributed by atoms with Crippen LogP contribution in [0, 0.1) is 10.1 Å². The van der Waals surface area contributed by atoms with Gasteiger partial charge >= 0.3 is 5.97 Å². The van der Waals surface area contributed by atoms with Gasteiger partial charge in [-0.25, -0.2) is 4.79 Å². The molecular formula is C16H23NO6. The Morgan fingerprint density at radius 1 is 1.09 bits per heavy atom. The van der Waals surface area contributed by atoms with Gasteiger partial charge in [-0.15, -0.1) is 0 Å². The molecule has 0 saturated heterocycles. The lowest BCUT2D eigenvalue weighted by Crippen LogP contribution is -2.45. The van der Waals surface area contributed by atoms with E-state index >= 15 is 0 Å². The first kappa shape index (κ1) is 19.1. The van der Waals surface area contributed by atoms with Crippen LogP contribution in [0.2, 0.25) is 0 Å². The minimum Gasteiger partial charge on any atom is -0.456 e. The first-order valence-corrected chi connectivity index (χ1v) is 7.42. The van der Waals surface area contributed by atoms with Crippen LogP contribution in [0.4, 0.5) is 5.69 Å². The number of nitrogens with zero attached hydrogens (tertiary/aromatic N) is 1. The molecule has 0 N–H and O–H groups in total. The molecule has 0 radical (unpaired) electrons. The summed E-state index contributed by atoms with van der Waals surface area (Å²) in [7, 11) is 0. The molecule has 1 aromatic rings. The van der Waals surface area contributed by atoms with Crippen LogP contribution in [-0.2, 0) is 24.8 Å². The average molecular weight is 325 g/mol. The molecule has 0 heterocycles. The van der Waals surface area contributed by atoms with E-state index in [4.69, 9.17) is 14.2 Å². The van der Waals surface area contributed by atoms with Crippen LogP contribution >= 0.6 is 0 Å². The Bertz CT molecular complexity index is 541. The molecule has 7 heteroatoms. The Morgan fingerprint density at radius 2 is 1.57 bits per heavy atom. The van der Waals surface area contributed by atoms with E-state index in [2.05, 4.69) is 0 Å². The average Bonchev–Trinajstić information content (AvgIpc) is 2.45. The van der Waals surface area contributed by atoms with E-state index in [1.165, 1.54) is 24.3 Å². The highest BCUT2D eigenvalue weighted by Crippen LogP contribution is 2.32. The second kappa shape index (κ2) is 7.52. The predicted molar refractivity (Wildman–Crippen MR) is 83.9 cm³/mol. The van der Waals surface area contributed by atoms with Crippen molar-refractivity contribution in [1.82, 2.24) is 0 Å². The van der Waals surface area contributed by atoms with Gasteiger partial charge in [0, 0.05) is 30.9 Å². The highest BCUT2D eigenvalue weighted by Gasteiger charge is 2.46. The van der Waals surface area contributed by atoms with Crippen molar-refractivity contribution in [2.75, 3.05) is 13.2 Å². The maximum absolute atomic E-state index is 12.7. The van der Waals surface area contributed by atoms with Crippen molar-refractivity contribution in [3.05, 3.63) is 39.9 Å². The first-order valence-electron chi connectivity index (χ1n) is 7.42. The van der Waals surface area contributed by atoms with Gasteiger partial charge in [0.05, 0.1) is 4.92 Å². The van der Waals surface area contributed by atoms with Crippen LogP contribution in [0.1, 0.15) is 40.2 Å². The topological polar surface area (TPSA) is 87.9 Å². The number of benzene rings is 1. The molecule has 0 bridgehead atoms. The van der Waals surface area contributed by atoms with Crippen LogP contribution in [0.15, 0.2) is 24.3 Å². The van der Waals surface area contributed by atoms with E-state index in [-0.39, 0.29) is 18.9 Å². The second-order valence-electron chi connectivity index (χ2n) is 5.79. The molecule has 1 rings (SSSR count). The number of non-ortho nitro benzene ring substituents is 1. The third kappa shape index (κ3) is 4.74. The molecule has 128 valence electrons. The molecule has 0 aromatic heterocycles. The fourth-order valence-corrected chi connectivity index (χ4v) is 2.00.